The average Bonchev–Trinajstić information content (AvgIpc) is 2.47. The number of aliphatic carboxylic acids is 1. The van der Waals surface area contributed by atoms with Gasteiger partial charge in [-0.3, -0.25) is 4.79 Å². The first-order valence-electron chi connectivity index (χ1n) is 7.61. The third kappa shape index (κ3) is 3.40. The fourth-order valence-electron chi connectivity index (χ4n) is 3.47. The normalized spacial score (nSPS) is 26.6. The second-order valence-electron chi connectivity index (χ2n) is 5.91. The molecule has 0 aromatic heterocycles. The molecule has 1 fully saturated rings. The van der Waals surface area contributed by atoms with Crippen molar-refractivity contribution in [2.75, 3.05) is 13.6 Å². The van der Waals surface area contributed by atoms with Gasteiger partial charge in [0.25, 0.3) is 0 Å². The highest BCUT2D eigenvalue weighted by Crippen LogP contribution is 2.38. The van der Waals surface area contributed by atoms with Crippen LogP contribution in [0.1, 0.15) is 44.1 Å². The molecular formula is C17H25NO2. The van der Waals surface area contributed by atoms with Crippen molar-refractivity contribution in [3.05, 3.63) is 35.9 Å². The molecule has 1 N–H and O–H groups in total. The number of hydrogen-bond acceptors (Lipinski definition) is 2. The molecule has 1 saturated carbocycles. The lowest BCUT2D eigenvalue weighted by atomic mass is 9.75. The molecule has 0 amide bonds. The van der Waals surface area contributed by atoms with E-state index < -0.39 is 5.97 Å². The van der Waals surface area contributed by atoms with Crippen molar-refractivity contribution in [2.24, 2.45) is 5.92 Å². The summed E-state index contributed by atoms with van der Waals surface area (Å²) in [6, 6.07) is 10.7. The Morgan fingerprint density at radius 2 is 2.00 bits per heavy atom. The number of carboxylic acid groups (broad SMARTS) is 1. The fraction of sp³-hybridized carbons (Fsp3) is 0.588. The number of hydrogen-bond donors (Lipinski definition) is 1. The molecule has 3 nitrogen and oxygen atoms in total. The summed E-state index contributed by atoms with van der Waals surface area (Å²) in [6.07, 6.45) is 3.79. The predicted octanol–water partition coefficient (Wildman–Crippen LogP) is 3.37. The summed E-state index contributed by atoms with van der Waals surface area (Å²) in [5.74, 6) is -0.355. The van der Waals surface area contributed by atoms with Gasteiger partial charge in [-0.25, -0.2) is 0 Å². The Kier molecular flexibility index (Phi) is 5.18. The summed E-state index contributed by atoms with van der Waals surface area (Å²) in [6.45, 7) is 3.11. The maximum absolute atomic E-state index is 11.5. The zero-order chi connectivity index (χ0) is 14.5. The monoisotopic (exact) mass is 275 g/mol. The molecule has 1 aliphatic rings. The molecule has 0 radical (unpaired) electrons. The molecular weight excluding hydrogens is 250 g/mol. The number of benzene rings is 1. The molecule has 0 bridgehead atoms. The Hall–Kier alpha value is -1.35. The van der Waals surface area contributed by atoms with Gasteiger partial charge in [0.1, 0.15) is 0 Å². The van der Waals surface area contributed by atoms with E-state index in [0.29, 0.717) is 5.92 Å². The highest BCUT2D eigenvalue weighted by Gasteiger charge is 2.37. The van der Waals surface area contributed by atoms with E-state index in [9.17, 15) is 9.90 Å². The topological polar surface area (TPSA) is 40.5 Å². The van der Waals surface area contributed by atoms with Crippen LogP contribution in [0, 0.1) is 5.92 Å². The van der Waals surface area contributed by atoms with Crippen molar-refractivity contribution in [1.29, 1.82) is 0 Å². The summed E-state index contributed by atoms with van der Waals surface area (Å²) in [5.41, 5.74) is 1.35. The Labute approximate surface area is 121 Å². The number of carboxylic acids is 1. The third-order valence-electron chi connectivity index (χ3n) is 4.55. The number of carbonyl (C=O) groups is 1. The first-order chi connectivity index (χ1) is 9.63. The van der Waals surface area contributed by atoms with Gasteiger partial charge in [0.05, 0.1) is 5.92 Å². The molecule has 3 unspecified atom stereocenters. The zero-order valence-electron chi connectivity index (χ0n) is 12.5. The van der Waals surface area contributed by atoms with E-state index in [1.165, 1.54) is 5.56 Å². The molecule has 3 atom stereocenters. The summed E-state index contributed by atoms with van der Waals surface area (Å²) < 4.78 is 0. The minimum atomic E-state index is -0.635. The Morgan fingerprint density at radius 1 is 1.30 bits per heavy atom. The zero-order valence-corrected chi connectivity index (χ0v) is 12.5. The quantitative estimate of drug-likeness (QED) is 0.895. The summed E-state index contributed by atoms with van der Waals surface area (Å²) in [4.78, 5) is 13.7. The van der Waals surface area contributed by atoms with E-state index in [0.717, 1.165) is 32.2 Å². The second-order valence-corrected chi connectivity index (χ2v) is 5.91. The molecule has 0 aliphatic heterocycles. The Bertz CT molecular complexity index is 432. The van der Waals surface area contributed by atoms with Gasteiger partial charge >= 0.3 is 5.97 Å². The maximum Gasteiger partial charge on any atom is 0.308 e. The lowest BCUT2D eigenvalue weighted by Crippen LogP contribution is -2.45. The van der Waals surface area contributed by atoms with Gasteiger partial charge in [0, 0.05) is 6.04 Å². The molecule has 2 rings (SSSR count). The van der Waals surface area contributed by atoms with Gasteiger partial charge in [-0.15, -0.1) is 0 Å². The molecule has 110 valence electrons. The lowest BCUT2D eigenvalue weighted by Gasteiger charge is -2.39. The van der Waals surface area contributed by atoms with E-state index in [1.54, 1.807) is 0 Å². The summed E-state index contributed by atoms with van der Waals surface area (Å²) in [5, 5.41) is 9.46. The van der Waals surface area contributed by atoms with Gasteiger partial charge in [-0.2, -0.15) is 0 Å². The van der Waals surface area contributed by atoms with Crippen LogP contribution in [0.2, 0.25) is 0 Å². The van der Waals surface area contributed by atoms with Gasteiger partial charge in [0.2, 0.25) is 0 Å². The van der Waals surface area contributed by atoms with Crippen LogP contribution in [0.3, 0.4) is 0 Å². The van der Waals surface area contributed by atoms with Crippen LogP contribution >= 0.6 is 0 Å². The molecule has 20 heavy (non-hydrogen) atoms. The minimum Gasteiger partial charge on any atom is -0.481 e. The van der Waals surface area contributed by atoms with Crippen LogP contribution in [-0.2, 0) is 4.79 Å². The predicted molar refractivity (Wildman–Crippen MR) is 80.9 cm³/mol. The molecule has 0 heterocycles. The molecule has 1 aliphatic carbocycles. The first kappa shape index (κ1) is 15.0. The molecule has 3 heteroatoms. The van der Waals surface area contributed by atoms with Crippen LogP contribution in [0.15, 0.2) is 30.3 Å². The van der Waals surface area contributed by atoms with Crippen molar-refractivity contribution in [1.82, 2.24) is 4.90 Å². The third-order valence-corrected chi connectivity index (χ3v) is 4.55. The maximum atomic E-state index is 11.5. The first-order valence-corrected chi connectivity index (χ1v) is 7.61. The van der Waals surface area contributed by atoms with Crippen molar-refractivity contribution in [3.8, 4) is 0 Å². The number of rotatable bonds is 5. The van der Waals surface area contributed by atoms with Crippen molar-refractivity contribution in [3.63, 3.8) is 0 Å². The van der Waals surface area contributed by atoms with Crippen molar-refractivity contribution >= 4 is 5.97 Å². The van der Waals surface area contributed by atoms with Crippen LogP contribution in [0.5, 0.6) is 0 Å². The average molecular weight is 275 g/mol. The smallest absolute Gasteiger partial charge is 0.308 e. The molecule has 1 aromatic carbocycles. The van der Waals surface area contributed by atoms with Gasteiger partial charge in [-0.1, -0.05) is 37.3 Å². The van der Waals surface area contributed by atoms with Crippen LogP contribution in [0.4, 0.5) is 0 Å². The molecule has 0 saturated heterocycles. The summed E-state index contributed by atoms with van der Waals surface area (Å²) >= 11 is 0. The Balaban J connectivity index is 2.13. The van der Waals surface area contributed by atoms with Gasteiger partial charge in [0.15, 0.2) is 0 Å². The largest absolute Gasteiger partial charge is 0.481 e. The van der Waals surface area contributed by atoms with E-state index in [4.69, 9.17) is 0 Å². The van der Waals surface area contributed by atoms with E-state index >= 15 is 0 Å². The van der Waals surface area contributed by atoms with Crippen molar-refractivity contribution < 1.29 is 9.90 Å². The lowest BCUT2D eigenvalue weighted by molar-refractivity contribution is -0.145. The highest BCUT2D eigenvalue weighted by atomic mass is 16.4. The minimum absolute atomic E-state index is 0.159. The highest BCUT2D eigenvalue weighted by molar-refractivity contribution is 5.71. The summed E-state index contributed by atoms with van der Waals surface area (Å²) in [7, 11) is 2.07. The fourth-order valence-corrected chi connectivity index (χ4v) is 3.47. The Morgan fingerprint density at radius 3 is 2.60 bits per heavy atom. The number of nitrogens with zero attached hydrogens (tertiary/aromatic N) is 1. The van der Waals surface area contributed by atoms with Crippen molar-refractivity contribution in [2.45, 2.75) is 44.6 Å². The van der Waals surface area contributed by atoms with Gasteiger partial charge in [-0.05, 0) is 50.8 Å². The van der Waals surface area contributed by atoms with Gasteiger partial charge < -0.3 is 10.0 Å². The van der Waals surface area contributed by atoms with E-state index in [-0.39, 0.29) is 12.0 Å². The SMILES string of the molecule is CCCN(C)C1CC(c2ccccc2)CCC1C(=O)O. The standard InChI is InChI=1S/C17H25NO2/c1-3-11-18(2)16-12-14(9-10-15(16)17(19)20)13-7-5-4-6-8-13/h4-8,14-16H,3,9-12H2,1-2H3,(H,19,20). The van der Waals surface area contributed by atoms with Crippen LogP contribution < -0.4 is 0 Å². The van der Waals surface area contributed by atoms with Crippen LogP contribution in [-0.4, -0.2) is 35.6 Å². The van der Waals surface area contributed by atoms with Crippen LogP contribution in [0.25, 0.3) is 0 Å². The molecule has 0 spiro atoms. The van der Waals surface area contributed by atoms with E-state index in [2.05, 4.69) is 43.1 Å². The second kappa shape index (κ2) is 6.89. The van der Waals surface area contributed by atoms with E-state index in [1.807, 2.05) is 6.07 Å². The molecule has 1 aromatic rings.